The van der Waals surface area contributed by atoms with E-state index in [1.807, 2.05) is 37.5 Å². The molecular weight excluding hydrogens is 437 g/mol. The van der Waals surface area contributed by atoms with Crippen molar-refractivity contribution in [2.75, 3.05) is 7.05 Å². The molecule has 0 atom stereocenters. The molecule has 0 bridgehead atoms. The number of hydrogen-bond donors (Lipinski definition) is 0. The molecule has 0 N–H and O–H groups in total. The Hall–Kier alpha value is -3.15. The van der Waals surface area contributed by atoms with Crippen LogP contribution >= 0.6 is 0 Å². The van der Waals surface area contributed by atoms with Crippen LogP contribution in [0.4, 0.5) is 13.2 Å². The van der Waals surface area contributed by atoms with Crippen molar-refractivity contribution in [3.05, 3.63) is 87.9 Å². The molecule has 178 valence electrons. The van der Waals surface area contributed by atoms with E-state index in [9.17, 15) is 18.0 Å². The zero-order valence-electron chi connectivity index (χ0n) is 19.5. The lowest BCUT2D eigenvalue weighted by atomic mass is 9.83. The van der Waals surface area contributed by atoms with Gasteiger partial charge in [-0.1, -0.05) is 61.7 Å². The molecule has 0 amide bonds. The van der Waals surface area contributed by atoms with Crippen LogP contribution in [0.15, 0.2) is 70.6 Å². The summed E-state index contributed by atoms with van der Waals surface area (Å²) < 4.78 is 39.4. The topological polar surface area (TPSA) is 32.7 Å². The average molecular weight is 467 g/mol. The molecule has 3 nitrogen and oxygen atoms in total. The SMILES string of the molecule is C/C(C=O)=C1/N=CC(c2cccc(Cc3cccc(C(F)(F)F)c3)c2)=C(C2CCCCC2)N1C. The molecule has 0 aromatic heterocycles. The summed E-state index contributed by atoms with van der Waals surface area (Å²) in [5, 5.41) is 0. The predicted octanol–water partition coefficient (Wildman–Crippen LogP) is 7.03. The molecule has 0 saturated heterocycles. The fourth-order valence-electron chi connectivity index (χ4n) is 5.03. The summed E-state index contributed by atoms with van der Waals surface area (Å²) in [7, 11) is 1.97. The van der Waals surface area contributed by atoms with E-state index < -0.39 is 11.7 Å². The largest absolute Gasteiger partial charge is 0.416 e. The maximum absolute atomic E-state index is 13.1. The van der Waals surface area contributed by atoms with Gasteiger partial charge < -0.3 is 4.90 Å². The van der Waals surface area contributed by atoms with Gasteiger partial charge in [0.1, 0.15) is 12.1 Å². The van der Waals surface area contributed by atoms with Crippen LogP contribution in [-0.2, 0) is 17.4 Å². The zero-order valence-corrected chi connectivity index (χ0v) is 19.5. The van der Waals surface area contributed by atoms with Gasteiger partial charge in [0.2, 0.25) is 0 Å². The van der Waals surface area contributed by atoms with E-state index in [-0.39, 0.29) is 0 Å². The third-order valence-corrected chi connectivity index (χ3v) is 6.69. The number of hydrogen-bond acceptors (Lipinski definition) is 3. The molecule has 0 radical (unpaired) electrons. The highest BCUT2D eigenvalue weighted by atomic mass is 19.4. The lowest BCUT2D eigenvalue weighted by Crippen LogP contribution is -2.29. The van der Waals surface area contributed by atoms with Crippen molar-refractivity contribution in [1.82, 2.24) is 4.90 Å². The van der Waals surface area contributed by atoms with E-state index >= 15 is 0 Å². The summed E-state index contributed by atoms with van der Waals surface area (Å²) in [6.07, 6.45) is 4.50. The van der Waals surface area contributed by atoms with Crippen molar-refractivity contribution in [1.29, 1.82) is 0 Å². The van der Waals surface area contributed by atoms with Crippen LogP contribution in [0.3, 0.4) is 0 Å². The van der Waals surface area contributed by atoms with Gasteiger partial charge >= 0.3 is 6.18 Å². The normalized spacial score (nSPS) is 18.9. The van der Waals surface area contributed by atoms with Crippen LogP contribution in [0.2, 0.25) is 0 Å². The van der Waals surface area contributed by atoms with Gasteiger partial charge in [-0.25, -0.2) is 4.99 Å². The highest BCUT2D eigenvalue weighted by Gasteiger charge is 2.31. The standard InChI is InChI=1S/C28H29F3N2O/c1-19(18-34)27-32-17-25(26(33(27)2)22-10-4-3-5-11-22)23-12-6-8-20(15-23)14-21-9-7-13-24(16-21)28(29,30)31/h6-9,12-13,15-18,22H,3-5,10-11,14H2,1-2H3/b27-19+. The van der Waals surface area contributed by atoms with Crippen molar-refractivity contribution in [3.8, 4) is 0 Å². The molecular formula is C28H29F3N2O. The Balaban J connectivity index is 1.72. The Kier molecular flexibility index (Phi) is 7.05. The number of carbonyl (C=O) groups is 1. The Morgan fingerprint density at radius 2 is 1.74 bits per heavy atom. The number of rotatable bonds is 5. The van der Waals surface area contributed by atoms with Crippen LogP contribution < -0.4 is 0 Å². The number of halogens is 3. The second-order valence-corrected chi connectivity index (χ2v) is 9.15. The number of allylic oxidation sites excluding steroid dienone is 3. The third-order valence-electron chi connectivity index (χ3n) is 6.69. The van der Waals surface area contributed by atoms with Gasteiger partial charge in [-0.3, -0.25) is 4.79 Å². The summed E-state index contributed by atoms with van der Waals surface area (Å²) in [5.41, 5.74) is 4.69. The zero-order chi connectivity index (χ0) is 24.3. The lowest BCUT2D eigenvalue weighted by Gasteiger charge is -2.36. The molecule has 6 heteroatoms. The van der Waals surface area contributed by atoms with Crippen molar-refractivity contribution in [2.45, 2.75) is 51.6 Å². The monoisotopic (exact) mass is 466 g/mol. The minimum atomic E-state index is -4.36. The van der Waals surface area contributed by atoms with E-state index in [4.69, 9.17) is 0 Å². The van der Waals surface area contributed by atoms with Gasteiger partial charge in [0, 0.05) is 30.1 Å². The number of aliphatic imine (C=N–C) groups is 1. The van der Waals surface area contributed by atoms with E-state index in [2.05, 4.69) is 9.89 Å². The Bertz CT molecular complexity index is 1150. The first-order valence-electron chi connectivity index (χ1n) is 11.7. The summed E-state index contributed by atoms with van der Waals surface area (Å²) in [6, 6.07) is 13.4. The molecule has 1 aliphatic carbocycles. The number of aldehydes is 1. The Labute approximate surface area is 198 Å². The van der Waals surface area contributed by atoms with Gasteiger partial charge in [-0.2, -0.15) is 13.2 Å². The molecule has 4 rings (SSSR count). The van der Waals surface area contributed by atoms with Crippen LogP contribution in [0, 0.1) is 5.92 Å². The maximum atomic E-state index is 13.1. The summed E-state index contributed by atoms with van der Waals surface area (Å²) in [4.78, 5) is 18.1. The van der Waals surface area contributed by atoms with Crippen LogP contribution in [-0.4, -0.2) is 24.4 Å². The molecule has 0 unspecified atom stereocenters. The van der Waals surface area contributed by atoms with Crippen molar-refractivity contribution in [3.63, 3.8) is 0 Å². The molecule has 2 aliphatic rings. The number of nitrogens with zero attached hydrogens (tertiary/aromatic N) is 2. The maximum Gasteiger partial charge on any atom is 0.416 e. The van der Waals surface area contributed by atoms with Crippen molar-refractivity contribution >= 4 is 18.1 Å². The summed E-state index contributed by atoms with van der Waals surface area (Å²) in [5.74, 6) is 1.04. The van der Waals surface area contributed by atoms with E-state index in [1.165, 1.54) is 37.1 Å². The number of carbonyl (C=O) groups excluding carboxylic acids is 1. The molecule has 1 fully saturated rings. The van der Waals surface area contributed by atoms with Gasteiger partial charge in [0.05, 0.1) is 5.56 Å². The van der Waals surface area contributed by atoms with E-state index in [1.54, 1.807) is 13.0 Å². The van der Waals surface area contributed by atoms with Crippen molar-refractivity contribution < 1.29 is 18.0 Å². The molecule has 2 aromatic rings. The minimum Gasteiger partial charge on any atom is -0.332 e. The van der Waals surface area contributed by atoms with Gasteiger partial charge in [-0.05, 0) is 54.9 Å². The molecule has 1 heterocycles. The molecule has 1 saturated carbocycles. The predicted molar refractivity (Wildman–Crippen MR) is 129 cm³/mol. The first kappa shape index (κ1) is 24.0. The van der Waals surface area contributed by atoms with Crippen LogP contribution in [0.1, 0.15) is 61.3 Å². The third kappa shape index (κ3) is 5.16. The van der Waals surface area contributed by atoms with Gasteiger partial charge in [0.25, 0.3) is 0 Å². The second-order valence-electron chi connectivity index (χ2n) is 9.15. The summed E-state index contributed by atoms with van der Waals surface area (Å²) >= 11 is 0. The van der Waals surface area contributed by atoms with Crippen LogP contribution in [0.5, 0.6) is 0 Å². The van der Waals surface area contributed by atoms with Crippen LogP contribution in [0.25, 0.3) is 5.57 Å². The van der Waals surface area contributed by atoms with E-state index in [0.29, 0.717) is 29.3 Å². The van der Waals surface area contributed by atoms with Gasteiger partial charge in [0.15, 0.2) is 0 Å². The average Bonchev–Trinajstić information content (AvgIpc) is 2.83. The fourth-order valence-corrected chi connectivity index (χ4v) is 5.03. The van der Waals surface area contributed by atoms with Gasteiger partial charge in [-0.15, -0.1) is 0 Å². The second kappa shape index (κ2) is 10.00. The molecule has 2 aromatic carbocycles. The number of benzene rings is 2. The fraction of sp³-hybridized carbons (Fsp3) is 0.357. The number of alkyl halides is 3. The quantitative estimate of drug-likeness (QED) is 0.350. The Morgan fingerprint density at radius 3 is 2.41 bits per heavy atom. The first-order valence-corrected chi connectivity index (χ1v) is 11.7. The van der Waals surface area contributed by atoms with E-state index in [0.717, 1.165) is 41.9 Å². The summed E-state index contributed by atoms with van der Waals surface area (Å²) in [6.45, 7) is 1.77. The molecule has 34 heavy (non-hydrogen) atoms. The first-order chi connectivity index (χ1) is 16.3. The smallest absolute Gasteiger partial charge is 0.332 e. The molecule has 1 aliphatic heterocycles. The highest BCUT2D eigenvalue weighted by Crippen LogP contribution is 2.39. The minimum absolute atomic E-state index is 0.377. The molecule has 0 spiro atoms. The van der Waals surface area contributed by atoms with Crippen molar-refractivity contribution in [2.24, 2.45) is 10.9 Å². The lowest BCUT2D eigenvalue weighted by molar-refractivity contribution is -0.137. The Morgan fingerprint density at radius 1 is 1.06 bits per heavy atom. The highest BCUT2D eigenvalue weighted by molar-refractivity contribution is 6.12.